The highest BCUT2D eigenvalue weighted by atomic mass is 79.9. The van der Waals surface area contributed by atoms with Gasteiger partial charge in [-0.05, 0) is 34.1 Å². The number of halogens is 1. The van der Waals surface area contributed by atoms with Gasteiger partial charge in [0, 0.05) is 29.6 Å². The molecule has 0 aliphatic carbocycles. The topological polar surface area (TPSA) is 84.2 Å². The lowest BCUT2D eigenvalue weighted by Crippen LogP contribution is -2.15. The van der Waals surface area contributed by atoms with E-state index in [-0.39, 0.29) is 11.6 Å². The number of hydrogen-bond acceptors (Lipinski definition) is 3. The largest absolute Gasteiger partial charge is 0.477 e. The molecule has 0 aliphatic heterocycles. The lowest BCUT2D eigenvalue weighted by atomic mass is 10.3. The van der Waals surface area contributed by atoms with Crippen LogP contribution in [0.25, 0.3) is 0 Å². The second kappa shape index (κ2) is 5.23. The summed E-state index contributed by atoms with van der Waals surface area (Å²) in [5.74, 6) is -1.46. The highest BCUT2D eigenvalue weighted by Gasteiger charge is 2.12. The molecule has 0 spiro atoms. The van der Waals surface area contributed by atoms with Gasteiger partial charge in [0.25, 0.3) is 5.91 Å². The molecule has 98 valence electrons. The molecule has 2 rings (SSSR count). The lowest BCUT2D eigenvalue weighted by Gasteiger charge is -2.06. The van der Waals surface area contributed by atoms with Crippen LogP contribution in [0.3, 0.4) is 0 Å². The molecule has 2 aromatic heterocycles. The summed E-state index contributed by atoms with van der Waals surface area (Å²) in [6.45, 7) is 0. The van der Waals surface area contributed by atoms with Crippen molar-refractivity contribution < 1.29 is 14.7 Å². The van der Waals surface area contributed by atoms with Crippen molar-refractivity contribution >= 4 is 33.5 Å². The number of aromatic nitrogens is 2. The van der Waals surface area contributed by atoms with E-state index < -0.39 is 5.97 Å². The van der Waals surface area contributed by atoms with Crippen molar-refractivity contribution in [2.75, 3.05) is 5.32 Å². The summed E-state index contributed by atoms with van der Waals surface area (Å²) in [6.07, 6.45) is 3.09. The molecule has 0 unspecified atom stereocenters. The van der Waals surface area contributed by atoms with Gasteiger partial charge in [-0.25, -0.2) is 9.78 Å². The van der Waals surface area contributed by atoms with Crippen LogP contribution < -0.4 is 5.32 Å². The van der Waals surface area contributed by atoms with Crippen LogP contribution in [0.5, 0.6) is 0 Å². The highest BCUT2D eigenvalue weighted by molar-refractivity contribution is 9.10. The number of anilines is 1. The Balaban J connectivity index is 2.21. The van der Waals surface area contributed by atoms with Gasteiger partial charge in [-0.2, -0.15) is 0 Å². The number of hydrogen-bond donors (Lipinski definition) is 2. The third-order valence-electron chi connectivity index (χ3n) is 2.44. The average molecular weight is 324 g/mol. The quantitative estimate of drug-likeness (QED) is 0.906. The number of carboxylic acid groups (broad SMARTS) is 1. The standard InChI is InChI=1S/C12H10BrN3O3/c1-16-6-7(13)4-10(16)11(17)15-8-2-3-14-9(5-8)12(18)19/h2-6H,1H3,(H,18,19)(H,14,15,17). The maximum Gasteiger partial charge on any atom is 0.354 e. The van der Waals surface area contributed by atoms with Crippen LogP contribution in [0, 0.1) is 0 Å². The van der Waals surface area contributed by atoms with Gasteiger partial charge in [-0.3, -0.25) is 4.79 Å². The Hall–Kier alpha value is -2.15. The van der Waals surface area contributed by atoms with Gasteiger partial charge in [0.05, 0.1) is 0 Å². The Morgan fingerprint density at radius 3 is 2.74 bits per heavy atom. The smallest absolute Gasteiger partial charge is 0.354 e. The summed E-state index contributed by atoms with van der Waals surface area (Å²) in [5.41, 5.74) is 0.723. The number of nitrogens with zero attached hydrogens (tertiary/aromatic N) is 2. The zero-order valence-electron chi connectivity index (χ0n) is 9.92. The molecule has 0 radical (unpaired) electrons. The Morgan fingerprint density at radius 1 is 1.42 bits per heavy atom. The first-order chi connectivity index (χ1) is 8.97. The second-order valence-corrected chi connectivity index (χ2v) is 4.76. The first-order valence-corrected chi connectivity index (χ1v) is 6.09. The summed E-state index contributed by atoms with van der Waals surface area (Å²) in [4.78, 5) is 26.5. The fourth-order valence-electron chi connectivity index (χ4n) is 1.57. The van der Waals surface area contributed by atoms with Gasteiger partial charge in [-0.15, -0.1) is 0 Å². The number of pyridine rings is 1. The minimum absolute atomic E-state index is 0.120. The number of carbonyl (C=O) groups excluding carboxylic acids is 1. The van der Waals surface area contributed by atoms with Crippen LogP contribution in [0.15, 0.2) is 35.1 Å². The minimum Gasteiger partial charge on any atom is -0.477 e. The number of nitrogens with one attached hydrogen (secondary N) is 1. The fourth-order valence-corrected chi connectivity index (χ4v) is 2.09. The number of aryl methyl sites for hydroxylation is 1. The molecule has 1 amide bonds. The zero-order valence-corrected chi connectivity index (χ0v) is 11.5. The molecule has 0 aliphatic rings. The van der Waals surface area contributed by atoms with Gasteiger partial charge in [0.15, 0.2) is 0 Å². The predicted octanol–water partition coefficient (Wildman–Crippen LogP) is 2.13. The third kappa shape index (κ3) is 3.00. The van der Waals surface area contributed by atoms with Gasteiger partial charge in [-0.1, -0.05) is 0 Å². The minimum atomic E-state index is -1.14. The van der Waals surface area contributed by atoms with E-state index in [2.05, 4.69) is 26.2 Å². The van der Waals surface area contributed by atoms with E-state index in [9.17, 15) is 9.59 Å². The summed E-state index contributed by atoms with van der Waals surface area (Å²) >= 11 is 3.28. The normalized spacial score (nSPS) is 10.2. The van der Waals surface area contributed by atoms with Crippen molar-refractivity contribution in [1.29, 1.82) is 0 Å². The maximum atomic E-state index is 12.0. The number of rotatable bonds is 3. The Labute approximate surface area is 117 Å². The first kappa shape index (κ1) is 13.3. The number of carbonyl (C=O) groups is 2. The molecule has 2 heterocycles. The zero-order chi connectivity index (χ0) is 14.0. The molecule has 2 N–H and O–H groups in total. The van der Waals surface area contributed by atoms with E-state index in [1.807, 2.05) is 0 Å². The Bertz CT molecular complexity index is 651. The van der Waals surface area contributed by atoms with E-state index in [1.54, 1.807) is 23.9 Å². The molecular weight excluding hydrogens is 314 g/mol. The van der Waals surface area contributed by atoms with Crippen LogP contribution in [-0.4, -0.2) is 26.5 Å². The van der Waals surface area contributed by atoms with Crippen LogP contribution in [0.2, 0.25) is 0 Å². The van der Waals surface area contributed by atoms with E-state index in [0.29, 0.717) is 11.4 Å². The molecule has 0 saturated heterocycles. The molecule has 19 heavy (non-hydrogen) atoms. The van der Waals surface area contributed by atoms with Crippen molar-refractivity contribution in [2.24, 2.45) is 7.05 Å². The fraction of sp³-hybridized carbons (Fsp3) is 0.0833. The third-order valence-corrected chi connectivity index (χ3v) is 2.87. The van der Waals surface area contributed by atoms with Crippen LogP contribution in [0.4, 0.5) is 5.69 Å². The number of carboxylic acids is 1. The summed E-state index contributed by atoms with van der Waals surface area (Å²) in [6, 6.07) is 4.51. The average Bonchev–Trinajstić information content (AvgIpc) is 2.69. The molecule has 0 aromatic carbocycles. The van der Waals surface area contributed by atoms with E-state index in [4.69, 9.17) is 5.11 Å². The molecule has 0 atom stereocenters. The van der Waals surface area contributed by atoms with Crippen molar-refractivity contribution in [3.8, 4) is 0 Å². The SMILES string of the molecule is Cn1cc(Br)cc1C(=O)Nc1ccnc(C(=O)O)c1. The van der Waals surface area contributed by atoms with Crippen LogP contribution >= 0.6 is 15.9 Å². The van der Waals surface area contributed by atoms with Crippen LogP contribution in [-0.2, 0) is 7.05 Å². The van der Waals surface area contributed by atoms with Crippen molar-refractivity contribution in [2.45, 2.75) is 0 Å². The molecule has 0 bridgehead atoms. The van der Waals surface area contributed by atoms with E-state index >= 15 is 0 Å². The molecule has 2 aromatic rings. The molecule has 6 nitrogen and oxygen atoms in total. The summed E-state index contributed by atoms with van der Waals surface area (Å²) in [7, 11) is 1.74. The number of amides is 1. The van der Waals surface area contributed by atoms with Gasteiger partial charge in [0.1, 0.15) is 11.4 Å². The highest BCUT2D eigenvalue weighted by Crippen LogP contribution is 2.16. The molecule has 7 heteroatoms. The monoisotopic (exact) mass is 323 g/mol. The predicted molar refractivity (Wildman–Crippen MR) is 72.3 cm³/mol. The van der Waals surface area contributed by atoms with Crippen molar-refractivity contribution in [3.63, 3.8) is 0 Å². The summed E-state index contributed by atoms with van der Waals surface area (Å²) in [5, 5.41) is 11.4. The van der Waals surface area contributed by atoms with E-state index in [1.165, 1.54) is 18.3 Å². The summed E-state index contributed by atoms with van der Waals surface area (Å²) < 4.78 is 2.46. The lowest BCUT2D eigenvalue weighted by molar-refractivity contribution is 0.0690. The van der Waals surface area contributed by atoms with Crippen molar-refractivity contribution in [3.05, 3.63) is 46.5 Å². The van der Waals surface area contributed by atoms with E-state index in [0.717, 1.165) is 4.47 Å². The Morgan fingerprint density at radius 2 is 2.16 bits per heavy atom. The van der Waals surface area contributed by atoms with Gasteiger partial charge < -0.3 is 15.0 Å². The van der Waals surface area contributed by atoms with Crippen LogP contribution in [0.1, 0.15) is 21.0 Å². The van der Waals surface area contributed by atoms with Gasteiger partial charge >= 0.3 is 5.97 Å². The Kier molecular flexibility index (Phi) is 3.66. The maximum absolute atomic E-state index is 12.0. The molecular formula is C12H10BrN3O3. The van der Waals surface area contributed by atoms with Gasteiger partial charge in [0.2, 0.25) is 0 Å². The first-order valence-electron chi connectivity index (χ1n) is 5.30. The number of aromatic carboxylic acids is 1. The second-order valence-electron chi connectivity index (χ2n) is 3.84. The molecule has 0 saturated carbocycles. The molecule has 0 fully saturated rings. The van der Waals surface area contributed by atoms with Crippen molar-refractivity contribution in [1.82, 2.24) is 9.55 Å².